The van der Waals surface area contributed by atoms with E-state index in [1.807, 2.05) is 12.1 Å². The smallest absolute Gasteiger partial charge is 0.303 e. The van der Waals surface area contributed by atoms with Gasteiger partial charge in [-0.05, 0) is 68.4 Å². The number of carboxylic acid groups (broad SMARTS) is 1. The van der Waals surface area contributed by atoms with Gasteiger partial charge < -0.3 is 15.3 Å². The van der Waals surface area contributed by atoms with Gasteiger partial charge in [0.15, 0.2) is 0 Å². The van der Waals surface area contributed by atoms with Crippen LogP contribution in [0.2, 0.25) is 0 Å². The van der Waals surface area contributed by atoms with Crippen molar-refractivity contribution in [1.82, 2.24) is 0 Å². The minimum absolute atomic E-state index is 0.142. The van der Waals surface area contributed by atoms with Crippen molar-refractivity contribution in [3.05, 3.63) is 47.5 Å². The second kappa shape index (κ2) is 8.36. The SMILES string of the molecule is O=C(O)CCC/C=C/CC1CCC(O)C1c1ccc(C2(O)CCC2)cc1. The maximum Gasteiger partial charge on any atom is 0.303 e. The molecule has 2 fully saturated rings. The lowest BCUT2D eigenvalue weighted by molar-refractivity contribution is -0.137. The molecule has 4 nitrogen and oxygen atoms in total. The molecule has 0 radical (unpaired) electrons. The maximum absolute atomic E-state index is 10.5. The number of aliphatic hydroxyl groups is 2. The van der Waals surface area contributed by atoms with Gasteiger partial charge in [0.25, 0.3) is 0 Å². The van der Waals surface area contributed by atoms with E-state index in [2.05, 4.69) is 24.3 Å². The Bertz CT molecular complexity index is 630. The summed E-state index contributed by atoms with van der Waals surface area (Å²) in [7, 11) is 0. The predicted octanol–water partition coefficient (Wildman–Crippen LogP) is 4.11. The summed E-state index contributed by atoms with van der Waals surface area (Å²) in [5.74, 6) is -0.186. The lowest BCUT2D eigenvalue weighted by Crippen LogP contribution is -2.33. The van der Waals surface area contributed by atoms with E-state index in [0.717, 1.165) is 56.1 Å². The molecule has 1 aromatic carbocycles. The Balaban J connectivity index is 1.58. The minimum atomic E-state index is -0.743. The van der Waals surface area contributed by atoms with Crippen LogP contribution in [0.1, 0.15) is 74.8 Å². The Morgan fingerprint density at radius 2 is 1.88 bits per heavy atom. The fraction of sp³-hybridized carbons (Fsp3) is 0.591. The van der Waals surface area contributed by atoms with Crippen LogP contribution in [0.3, 0.4) is 0 Å². The van der Waals surface area contributed by atoms with Crippen LogP contribution in [0.25, 0.3) is 0 Å². The molecule has 2 aliphatic rings. The Kier molecular flexibility index (Phi) is 6.15. The number of hydrogen-bond donors (Lipinski definition) is 3. The van der Waals surface area contributed by atoms with E-state index in [0.29, 0.717) is 12.3 Å². The van der Waals surface area contributed by atoms with Gasteiger partial charge in [-0.3, -0.25) is 4.79 Å². The number of carbonyl (C=O) groups is 1. The van der Waals surface area contributed by atoms with Gasteiger partial charge in [0.2, 0.25) is 0 Å². The third kappa shape index (κ3) is 4.36. The van der Waals surface area contributed by atoms with Crippen molar-refractivity contribution in [2.75, 3.05) is 0 Å². The number of carboxylic acids is 1. The van der Waals surface area contributed by atoms with Crippen molar-refractivity contribution in [2.45, 2.75) is 75.4 Å². The molecule has 0 amide bonds. The van der Waals surface area contributed by atoms with Gasteiger partial charge in [-0.15, -0.1) is 0 Å². The zero-order valence-electron chi connectivity index (χ0n) is 15.3. The summed E-state index contributed by atoms with van der Waals surface area (Å²) in [6.45, 7) is 0. The summed E-state index contributed by atoms with van der Waals surface area (Å²) in [4.78, 5) is 10.5. The van der Waals surface area contributed by atoms with E-state index in [4.69, 9.17) is 5.11 Å². The molecule has 142 valence electrons. The van der Waals surface area contributed by atoms with Crippen molar-refractivity contribution in [3.8, 4) is 0 Å². The highest BCUT2D eigenvalue weighted by Gasteiger charge is 2.38. The summed E-state index contributed by atoms with van der Waals surface area (Å²) in [5, 5.41) is 29.6. The van der Waals surface area contributed by atoms with Crippen LogP contribution in [0.4, 0.5) is 0 Å². The lowest BCUT2D eigenvalue weighted by Gasteiger charge is -2.37. The van der Waals surface area contributed by atoms with E-state index < -0.39 is 11.6 Å². The standard InChI is InChI=1S/C22H30O4/c23-19-13-10-16(6-3-1-2-4-7-20(24)25)21(19)17-8-11-18(12-9-17)22(26)14-5-15-22/h1,3,8-9,11-12,16,19,21,23,26H,2,4-7,10,13-15H2,(H,24,25)/b3-1+. The number of rotatable bonds is 8. The molecule has 26 heavy (non-hydrogen) atoms. The topological polar surface area (TPSA) is 77.8 Å². The van der Waals surface area contributed by atoms with Gasteiger partial charge in [0, 0.05) is 12.3 Å². The Hall–Kier alpha value is -1.65. The van der Waals surface area contributed by atoms with Gasteiger partial charge in [0.05, 0.1) is 11.7 Å². The van der Waals surface area contributed by atoms with E-state index in [1.165, 1.54) is 0 Å². The summed E-state index contributed by atoms with van der Waals surface area (Å²) < 4.78 is 0. The third-order valence-electron chi connectivity index (χ3n) is 6.14. The highest BCUT2D eigenvalue weighted by Crippen LogP contribution is 2.44. The largest absolute Gasteiger partial charge is 0.481 e. The minimum Gasteiger partial charge on any atom is -0.481 e. The fourth-order valence-electron chi connectivity index (χ4n) is 4.39. The van der Waals surface area contributed by atoms with Crippen LogP contribution in [0, 0.1) is 5.92 Å². The van der Waals surface area contributed by atoms with Crippen molar-refractivity contribution >= 4 is 5.97 Å². The highest BCUT2D eigenvalue weighted by molar-refractivity contribution is 5.66. The van der Waals surface area contributed by atoms with Gasteiger partial charge in [-0.1, -0.05) is 36.4 Å². The van der Waals surface area contributed by atoms with Crippen LogP contribution < -0.4 is 0 Å². The number of allylic oxidation sites excluding steroid dienone is 2. The summed E-state index contributed by atoms with van der Waals surface area (Å²) in [6.07, 6.45) is 11.1. The molecule has 0 heterocycles. The quantitative estimate of drug-likeness (QED) is 0.483. The first kappa shape index (κ1) is 19.1. The highest BCUT2D eigenvalue weighted by atomic mass is 16.4. The molecule has 3 unspecified atom stereocenters. The van der Waals surface area contributed by atoms with E-state index in [-0.39, 0.29) is 18.4 Å². The van der Waals surface area contributed by atoms with Gasteiger partial charge in [-0.25, -0.2) is 0 Å². The molecule has 0 saturated heterocycles. The zero-order chi connectivity index (χ0) is 18.6. The van der Waals surface area contributed by atoms with Crippen molar-refractivity contribution in [1.29, 1.82) is 0 Å². The molecule has 3 N–H and O–H groups in total. The Labute approximate surface area is 155 Å². The predicted molar refractivity (Wildman–Crippen MR) is 101 cm³/mol. The molecular weight excluding hydrogens is 328 g/mol. The average molecular weight is 358 g/mol. The van der Waals surface area contributed by atoms with Gasteiger partial charge in [0.1, 0.15) is 0 Å². The van der Waals surface area contributed by atoms with Gasteiger partial charge in [-0.2, -0.15) is 0 Å². The first-order valence-corrected chi connectivity index (χ1v) is 9.87. The first-order chi connectivity index (χ1) is 12.5. The molecule has 0 bridgehead atoms. The van der Waals surface area contributed by atoms with Crippen LogP contribution in [0.5, 0.6) is 0 Å². The molecular formula is C22H30O4. The molecule has 0 aromatic heterocycles. The summed E-state index contributed by atoms with van der Waals surface area (Å²) in [6, 6.07) is 8.21. The normalized spacial score (nSPS) is 27.5. The monoisotopic (exact) mass is 358 g/mol. The molecule has 2 saturated carbocycles. The van der Waals surface area contributed by atoms with Crippen LogP contribution in [-0.2, 0) is 10.4 Å². The maximum atomic E-state index is 10.5. The van der Waals surface area contributed by atoms with Crippen molar-refractivity contribution in [3.63, 3.8) is 0 Å². The van der Waals surface area contributed by atoms with Crippen LogP contribution in [0.15, 0.2) is 36.4 Å². The number of unbranched alkanes of at least 4 members (excludes halogenated alkanes) is 1. The average Bonchev–Trinajstić information content (AvgIpc) is 2.96. The Morgan fingerprint density at radius 1 is 1.15 bits per heavy atom. The summed E-state index contributed by atoms with van der Waals surface area (Å²) in [5.41, 5.74) is 1.52. The molecule has 4 heteroatoms. The van der Waals surface area contributed by atoms with Crippen LogP contribution >= 0.6 is 0 Å². The number of hydrogen-bond acceptors (Lipinski definition) is 3. The van der Waals surface area contributed by atoms with E-state index in [9.17, 15) is 15.0 Å². The van der Waals surface area contributed by atoms with Crippen molar-refractivity contribution < 1.29 is 20.1 Å². The number of benzene rings is 1. The molecule has 0 aliphatic heterocycles. The molecule has 1 aromatic rings. The number of aliphatic hydroxyl groups excluding tert-OH is 1. The molecule has 3 rings (SSSR count). The molecule has 2 aliphatic carbocycles. The van der Waals surface area contributed by atoms with Crippen LogP contribution in [-0.4, -0.2) is 27.4 Å². The van der Waals surface area contributed by atoms with E-state index in [1.54, 1.807) is 0 Å². The van der Waals surface area contributed by atoms with Gasteiger partial charge >= 0.3 is 5.97 Å². The first-order valence-electron chi connectivity index (χ1n) is 9.87. The number of aliphatic carboxylic acids is 1. The molecule has 3 atom stereocenters. The second-order valence-corrected chi connectivity index (χ2v) is 7.93. The molecule has 0 spiro atoms. The van der Waals surface area contributed by atoms with Crippen molar-refractivity contribution in [2.24, 2.45) is 5.92 Å². The van der Waals surface area contributed by atoms with E-state index >= 15 is 0 Å². The lowest BCUT2D eigenvalue weighted by atomic mass is 9.74. The second-order valence-electron chi connectivity index (χ2n) is 7.93. The zero-order valence-corrected chi connectivity index (χ0v) is 15.3. The third-order valence-corrected chi connectivity index (χ3v) is 6.14. The fourth-order valence-corrected chi connectivity index (χ4v) is 4.39. The summed E-state index contributed by atoms with van der Waals surface area (Å²) >= 11 is 0. The Morgan fingerprint density at radius 3 is 2.50 bits per heavy atom.